The number of ether oxygens (including phenoxy) is 1. The highest BCUT2D eigenvalue weighted by atomic mass is 16.5. The first-order chi connectivity index (χ1) is 17.4. The molecule has 0 aliphatic carbocycles. The zero-order valence-electron chi connectivity index (χ0n) is 19.0. The van der Waals surface area contributed by atoms with Gasteiger partial charge in [-0.15, -0.1) is 0 Å². The van der Waals surface area contributed by atoms with E-state index < -0.39 is 17.9 Å². The number of imide groups is 1. The van der Waals surface area contributed by atoms with Crippen molar-refractivity contribution in [1.29, 1.82) is 0 Å². The lowest BCUT2D eigenvalue weighted by Gasteiger charge is -2.15. The lowest BCUT2D eigenvalue weighted by atomic mass is 9.99. The maximum absolute atomic E-state index is 13.1. The average molecular weight is 480 g/mol. The number of urea groups is 1. The Balaban J connectivity index is 1.52. The number of methoxy groups -OCH3 is 1. The summed E-state index contributed by atoms with van der Waals surface area (Å²) in [5.41, 5.74) is 4.91. The van der Waals surface area contributed by atoms with Crippen LogP contribution < -0.4 is 21.3 Å². The molecule has 0 aromatic heterocycles. The molecule has 3 aromatic rings. The lowest BCUT2D eigenvalue weighted by molar-refractivity contribution is -0.115. The Morgan fingerprint density at radius 1 is 0.833 bits per heavy atom. The van der Waals surface area contributed by atoms with E-state index in [1.165, 1.54) is 7.11 Å². The maximum atomic E-state index is 13.1. The topological polar surface area (TPSA) is 126 Å². The van der Waals surface area contributed by atoms with Gasteiger partial charge in [0.2, 0.25) is 0 Å². The van der Waals surface area contributed by atoms with Gasteiger partial charge in [0.1, 0.15) is 5.70 Å². The minimum Gasteiger partial charge on any atom is -0.465 e. The Morgan fingerprint density at radius 3 is 2.25 bits per heavy atom. The number of nitrogens with one attached hydrogen (secondary N) is 4. The number of fused-ring (bicyclic) bond motifs is 1. The van der Waals surface area contributed by atoms with E-state index in [0.717, 1.165) is 5.56 Å². The number of rotatable bonds is 5. The van der Waals surface area contributed by atoms with Gasteiger partial charge in [0.05, 0.1) is 29.6 Å². The lowest BCUT2D eigenvalue weighted by Crippen LogP contribution is -2.22. The standard InChI is InChI=1S/C27H20N4O5/c1-36-26(34)17-9-12-19-20(14-17)29-25(33)22(19)23(16-5-3-2-4-6-16)28-18-10-7-15(8-11-18)13-21-24(32)31-27(35)30-21/h2-14,28H,1H3,(H,29,33)(H2,30,31,32,35)/b21-13?,23-22-. The summed E-state index contributed by atoms with van der Waals surface area (Å²) in [4.78, 5) is 48.1. The molecule has 9 nitrogen and oxygen atoms in total. The van der Waals surface area contributed by atoms with Crippen LogP contribution in [0.25, 0.3) is 17.3 Å². The summed E-state index contributed by atoms with van der Waals surface area (Å²) in [5.74, 6) is -1.28. The number of anilines is 2. The molecule has 0 bridgehead atoms. The monoisotopic (exact) mass is 480 g/mol. The van der Waals surface area contributed by atoms with Crippen molar-refractivity contribution >= 4 is 52.5 Å². The van der Waals surface area contributed by atoms with E-state index in [1.807, 2.05) is 30.3 Å². The van der Waals surface area contributed by atoms with E-state index in [-0.39, 0.29) is 11.6 Å². The summed E-state index contributed by atoms with van der Waals surface area (Å²) in [5, 5.41) is 10.8. The van der Waals surface area contributed by atoms with Crippen LogP contribution in [-0.2, 0) is 14.3 Å². The fourth-order valence-electron chi connectivity index (χ4n) is 4.01. The van der Waals surface area contributed by atoms with Crippen molar-refractivity contribution in [1.82, 2.24) is 10.6 Å². The highest BCUT2D eigenvalue weighted by Crippen LogP contribution is 2.38. The predicted octanol–water partition coefficient (Wildman–Crippen LogP) is 3.59. The summed E-state index contributed by atoms with van der Waals surface area (Å²) < 4.78 is 4.79. The summed E-state index contributed by atoms with van der Waals surface area (Å²) in [6, 6.07) is 21.0. The van der Waals surface area contributed by atoms with Crippen molar-refractivity contribution in [3.05, 3.63) is 101 Å². The average Bonchev–Trinajstić information content (AvgIpc) is 3.39. The first-order valence-corrected chi connectivity index (χ1v) is 11.0. The van der Waals surface area contributed by atoms with E-state index in [9.17, 15) is 19.2 Å². The van der Waals surface area contributed by atoms with Gasteiger partial charge in [-0.1, -0.05) is 48.5 Å². The Bertz CT molecular complexity index is 1470. The van der Waals surface area contributed by atoms with Crippen LogP contribution in [0.15, 0.2) is 78.5 Å². The molecule has 0 radical (unpaired) electrons. The van der Waals surface area contributed by atoms with Crippen LogP contribution in [0, 0.1) is 0 Å². The molecule has 5 rings (SSSR count). The molecule has 2 aliphatic rings. The van der Waals surface area contributed by atoms with Crippen molar-refractivity contribution in [2.45, 2.75) is 0 Å². The second kappa shape index (κ2) is 9.22. The Kier molecular flexibility index (Phi) is 5.79. The van der Waals surface area contributed by atoms with Crippen LogP contribution in [0.1, 0.15) is 27.0 Å². The minimum atomic E-state index is -0.558. The van der Waals surface area contributed by atoms with Gasteiger partial charge in [0, 0.05) is 11.3 Å². The van der Waals surface area contributed by atoms with E-state index in [4.69, 9.17) is 4.74 Å². The molecule has 4 amide bonds. The normalized spacial score (nSPS) is 16.7. The van der Waals surface area contributed by atoms with Gasteiger partial charge in [-0.05, 0) is 41.5 Å². The van der Waals surface area contributed by atoms with E-state index in [1.54, 1.807) is 48.5 Å². The molecule has 36 heavy (non-hydrogen) atoms. The second-order valence-corrected chi connectivity index (χ2v) is 8.04. The van der Waals surface area contributed by atoms with Gasteiger partial charge in [0.25, 0.3) is 11.8 Å². The van der Waals surface area contributed by atoms with Gasteiger partial charge in [-0.2, -0.15) is 0 Å². The zero-order valence-corrected chi connectivity index (χ0v) is 19.0. The molecule has 1 saturated heterocycles. The van der Waals surface area contributed by atoms with Gasteiger partial charge in [0.15, 0.2) is 0 Å². The fourth-order valence-corrected chi connectivity index (χ4v) is 4.01. The number of carbonyl (C=O) groups excluding carboxylic acids is 4. The molecule has 2 aliphatic heterocycles. The fraction of sp³-hybridized carbons (Fsp3) is 0.0370. The molecule has 3 aromatic carbocycles. The second-order valence-electron chi connectivity index (χ2n) is 8.04. The number of amides is 4. The van der Waals surface area contributed by atoms with Crippen LogP contribution in [0.2, 0.25) is 0 Å². The van der Waals surface area contributed by atoms with E-state index in [2.05, 4.69) is 21.3 Å². The Hall–Kier alpha value is -5.18. The van der Waals surface area contributed by atoms with Crippen LogP contribution in [0.5, 0.6) is 0 Å². The molecule has 0 unspecified atom stereocenters. The van der Waals surface area contributed by atoms with Gasteiger partial charge in [-0.25, -0.2) is 9.59 Å². The SMILES string of the molecule is COC(=O)c1ccc2c(c1)NC(=O)/C2=C(\Nc1ccc(C=C2NC(=O)NC2=O)cc1)c1ccccc1. The first-order valence-electron chi connectivity index (χ1n) is 11.0. The largest absolute Gasteiger partial charge is 0.465 e. The van der Waals surface area contributed by atoms with Crippen LogP contribution >= 0.6 is 0 Å². The number of benzene rings is 3. The van der Waals surface area contributed by atoms with E-state index >= 15 is 0 Å². The van der Waals surface area contributed by atoms with Crippen molar-refractivity contribution in [3.8, 4) is 0 Å². The highest BCUT2D eigenvalue weighted by Gasteiger charge is 2.29. The van der Waals surface area contributed by atoms with Crippen LogP contribution in [-0.4, -0.2) is 30.9 Å². The summed E-state index contributed by atoms with van der Waals surface area (Å²) in [7, 11) is 1.30. The van der Waals surface area contributed by atoms with Crippen molar-refractivity contribution in [3.63, 3.8) is 0 Å². The first kappa shape index (κ1) is 22.6. The van der Waals surface area contributed by atoms with Gasteiger partial charge in [-0.3, -0.25) is 14.9 Å². The van der Waals surface area contributed by atoms with Gasteiger partial charge >= 0.3 is 12.0 Å². The number of hydrogen-bond donors (Lipinski definition) is 4. The predicted molar refractivity (Wildman–Crippen MR) is 134 cm³/mol. The van der Waals surface area contributed by atoms with Gasteiger partial charge < -0.3 is 20.7 Å². The Morgan fingerprint density at radius 2 is 1.58 bits per heavy atom. The molecule has 178 valence electrons. The van der Waals surface area contributed by atoms with Crippen molar-refractivity contribution in [2.24, 2.45) is 0 Å². The van der Waals surface area contributed by atoms with E-state index in [0.29, 0.717) is 39.3 Å². The number of hydrogen-bond acceptors (Lipinski definition) is 6. The highest BCUT2D eigenvalue weighted by molar-refractivity contribution is 6.37. The van der Waals surface area contributed by atoms with Crippen LogP contribution in [0.4, 0.5) is 16.2 Å². The molecule has 0 saturated carbocycles. The summed E-state index contributed by atoms with van der Waals surface area (Å²) in [6.07, 6.45) is 1.57. The third kappa shape index (κ3) is 4.32. The molecular weight excluding hydrogens is 460 g/mol. The number of esters is 1. The molecule has 0 spiro atoms. The Labute approximate surface area is 205 Å². The molecule has 0 atom stereocenters. The van der Waals surface area contributed by atoms with Crippen LogP contribution in [0.3, 0.4) is 0 Å². The smallest absolute Gasteiger partial charge is 0.337 e. The zero-order chi connectivity index (χ0) is 25.2. The third-order valence-electron chi connectivity index (χ3n) is 5.71. The molecule has 4 N–H and O–H groups in total. The molecular formula is C27H20N4O5. The molecule has 9 heteroatoms. The minimum absolute atomic E-state index is 0.165. The maximum Gasteiger partial charge on any atom is 0.337 e. The quantitative estimate of drug-likeness (QED) is 0.251. The van der Waals surface area contributed by atoms with Crippen molar-refractivity contribution in [2.75, 3.05) is 17.7 Å². The third-order valence-corrected chi connectivity index (χ3v) is 5.71. The molecule has 1 fully saturated rings. The summed E-state index contributed by atoms with van der Waals surface area (Å²) in [6.45, 7) is 0. The van der Waals surface area contributed by atoms with Crippen molar-refractivity contribution < 1.29 is 23.9 Å². The molecule has 2 heterocycles. The summed E-state index contributed by atoms with van der Waals surface area (Å²) >= 11 is 0. The number of carbonyl (C=O) groups is 4.